The minimum Gasteiger partial charge on any atom is -0.383 e. The quantitative estimate of drug-likeness (QED) is 0.610. The molecule has 7 heteroatoms. The molecule has 6 nitrogen and oxygen atoms in total. The molecular weight excluding hydrogens is 407 g/mol. The minimum absolute atomic E-state index is 0.134. The zero-order valence-electron chi connectivity index (χ0n) is 18.3. The Morgan fingerprint density at radius 2 is 2.12 bits per heavy atom. The van der Waals surface area contributed by atoms with Gasteiger partial charge < -0.3 is 20.5 Å². The highest BCUT2D eigenvalue weighted by atomic mass is 19.1. The molecule has 1 aromatic heterocycles. The van der Waals surface area contributed by atoms with Crippen LogP contribution in [0, 0.1) is 5.82 Å². The number of halogens is 1. The third-order valence-electron chi connectivity index (χ3n) is 6.83. The van der Waals surface area contributed by atoms with Crippen LogP contribution in [0.2, 0.25) is 0 Å². The van der Waals surface area contributed by atoms with Crippen molar-refractivity contribution >= 4 is 22.3 Å². The molecule has 0 bridgehead atoms. The fourth-order valence-corrected chi connectivity index (χ4v) is 4.62. The van der Waals surface area contributed by atoms with Crippen LogP contribution in [-0.4, -0.2) is 48.3 Å². The normalized spacial score (nSPS) is 20.4. The summed E-state index contributed by atoms with van der Waals surface area (Å²) in [6.07, 6.45) is 3.85. The average Bonchev–Trinajstić information content (AvgIpc) is 2.77. The van der Waals surface area contributed by atoms with Crippen LogP contribution in [0.25, 0.3) is 10.8 Å². The number of ether oxygens (including phenoxy) is 2. The number of piperidine rings is 1. The number of likely N-dealkylation sites (tertiary alicyclic amines) is 1. The first kappa shape index (κ1) is 21.1. The first-order chi connectivity index (χ1) is 15.5. The van der Waals surface area contributed by atoms with Crippen LogP contribution in [0.3, 0.4) is 0 Å². The molecule has 5 rings (SSSR count). The lowest BCUT2D eigenvalue weighted by Crippen LogP contribution is -2.65. The lowest BCUT2D eigenvalue weighted by Gasteiger charge is -2.52. The van der Waals surface area contributed by atoms with E-state index in [4.69, 9.17) is 15.2 Å². The number of hydrogen-bond acceptors (Lipinski definition) is 6. The van der Waals surface area contributed by atoms with Gasteiger partial charge in [-0.2, -0.15) is 0 Å². The van der Waals surface area contributed by atoms with Crippen LogP contribution in [-0.2, 0) is 22.6 Å². The van der Waals surface area contributed by atoms with Crippen LogP contribution >= 0.6 is 0 Å². The summed E-state index contributed by atoms with van der Waals surface area (Å²) in [6, 6.07) is 13.1. The van der Waals surface area contributed by atoms with Gasteiger partial charge in [-0.15, -0.1) is 0 Å². The van der Waals surface area contributed by atoms with Gasteiger partial charge in [-0.25, -0.2) is 9.37 Å². The maximum absolute atomic E-state index is 14.7. The van der Waals surface area contributed by atoms with Crippen molar-refractivity contribution in [1.82, 2.24) is 9.88 Å². The number of aromatic nitrogens is 1. The molecule has 2 aromatic carbocycles. The van der Waals surface area contributed by atoms with E-state index in [1.54, 1.807) is 12.3 Å². The Kier molecular flexibility index (Phi) is 5.71. The van der Waals surface area contributed by atoms with Crippen molar-refractivity contribution in [2.75, 3.05) is 37.9 Å². The lowest BCUT2D eigenvalue weighted by molar-refractivity contribution is -0.175. The predicted molar refractivity (Wildman–Crippen MR) is 124 cm³/mol. The second-order valence-corrected chi connectivity index (χ2v) is 8.98. The van der Waals surface area contributed by atoms with Gasteiger partial charge >= 0.3 is 0 Å². The van der Waals surface area contributed by atoms with E-state index in [-0.39, 0.29) is 17.5 Å². The third kappa shape index (κ3) is 4.16. The summed E-state index contributed by atoms with van der Waals surface area (Å²) in [4.78, 5) is 6.49. The molecule has 32 heavy (non-hydrogen) atoms. The lowest BCUT2D eigenvalue weighted by atomic mass is 9.84. The van der Waals surface area contributed by atoms with E-state index in [0.717, 1.165) is 54.6 Å². The summed E-state index contributed by atoms with van der Waals surface area (Å²) in [5.41, 5.74) is 8.43. The summed E-state index contributed by atoms with van der Waals surface area (Å²) in [5, 5.41) is 5.20. The summed E-state index contributed by atoms with van der Waals surface area (Å²) >= 11 is 0. The molecule has 2 aliphatic heterocycles. The highest BCUT2D eigenvalue weighted by Crippen LogP contribution is 2.35. The van der Waals surface area contributed by atoms with E-state index in [2.05, 4.69) is 22.2 Å². The molecule has 2 saturated heterocycles. The number of rotatable bonds is 6. The number of fused-ring (bicyclic) bond motifs is 1. The highest BCUT2D eigenvalue weighted by Gasteiger charge is 2.46. The van der Waals surface area contributed by atoms with Crippen LogP contribution in [0.4, 0.5) is 15.9 Å². The van der Waals surface area contributed by atoms with Gasteiger partial charge in [0.15, 0.2) is 0 Å². The van der Waals surface area contributed by atoms with Crippen molar-refractivity contribution in [3.05, 3.63) is 65.6 Å². The number of anilines is 2. The maximum Gasteiger partial charge on any atom is 0.131 e. The number of benzene rings is 2. The van der Waals surface area contributed by atoms with E-state index >= 15 is 0 Å². The fraction of sp³-hybridized carbons (Fsp3) is 0.400. The van der Waals surface area contributed by atoms with E-state index in [9.17, 15) is 4.39 Å². The Balaban J connectivity index is 1.17. The minimum atomic E-state index is -0.222. The van der Waals surface area contributed by atoms with E-state index in [1.807, 2.05) is 36.4 Å². The number of nitrogen functional groups attached to an aromatic ring is 1. The summed E-state index contributed by atoms with van der Waals surface area (Å²) in [6.45, 7) is 3.39. The van der Waals surface area contributed by atoms with Crippen molar-refractivity contribution in [3.8, 4) is 0 Å². The van der Waals surface area contributed by atoms with Gasteiger partial charge in [0.25, 0.3) is 0 Å². The maximum atomic E-state index is 14.7. The number of pyridine rings is 1. The molecule has 0 radical (unpaired) electrons. The fourth-order valence-electron chi connectivity index (χ4n) is 4.62. The monoisotopic (exact) mass is 436 g/mol. The first-order valence-electron chi connectivity index (χ1n) is 11.1. The Morgan fingerprint density at radius 3 is 2.91 bits per heavy atom. The number of nitrogens with two attached hydrogens (primary N) is 1. The van der Waals surface area contributed by atoms with Crippen molar-refractivity contribution in [2.45, 2.75) is 37.6 Å². The Morgan fingerprint density at radius 1 is 1.25 bits per heavy atom. The van der Waals surface area contributed by atoms with E-state index in [0.29, 0.717) is 24.5 Å². The standard InChI is InChI=1S/C25H29FN4O2/c1-30-9-7-21(12-25(30)15-31-16-25)32-14-17-2-3-19(23(26)10-17)13-29-20-4-5-22-18(11-20)6-8-28-24(22)27/h2-6,8,10-11,21,29H,7,9,12-16H2,1H3,(H2,27,28). The topological polar surface area (TPSA) is 72.6 Å². The van der Waals surface area contributed by atoms with Gasteiger partial charge in [-0.1, -0.05) is 12.1 Å². The second-order valence-electron chi connectivity index (χ2n) is 8.98. The largest absolute Gasteiger partial charge is 0.383 e. The van der Waals surface area contributed by atoms with Crippen LogP contribution in [0.1, 0.15) is 24.0 Å². The molecule has 1 atom stereocenters. The second kappa shape index (κ2) is 8.65. The first-order valence-corrected chi connectivity index (χ1v) is 11.1. The smallest absolute Gasteiger partial charge is 0.131 e. The summed E-state index contributed by atoms with van der Waals surface area (Å²) in [7, 11) is 2.16. The number of hydrogen-bond donors (Lipinski definition) is 2. The number of nitrogens with zero attached hydrogens (tertiary/aromatic N) is 2. The zero-order valence-corrected chi connectivity index (χ0v) is 18.3. The molecule has 1 spiro atoms. The molecule has 1 unspecified atom stereocenters. The zero-order chi connectivity index (χ0) is 22.1. The average molecular weight is 437 g/mol. The van der Waals surface area contributed by atoms with Gasteiger partial charge in [-0.3, -0.25) is 4.90 Å². The highest BCUT2D eigenvalue weighted by molar-refractivity contribution is 5.92. The van der Waals surface area contributed by atoms with E-state index in [1.165, 1.54) is 0 Å². The van der Waals surface area contributed by atoms with Crippen LogP contribution in [0.15, 0.2) is 48.7 Å². The number of likely N-dealkylation sites (N-methyl/N-ethyl adjacent to an activating group) is 1. The molecule has 3 heterocycles. The van der Waals surface area contributed by atoms with Crippen molar-refractivity contribution in [3.63, 3.8) is 0 Å². The van der Waals surface area contributed by atoms with Gasteiger partial charge in [0, 0.05) is 35.9 Å². The van der Waals surface area contributed by atoms with Gasteiger partial charge in [0.05, 0.1) is 31.5 Å². The Labute approximate surface area is 187 Å². The Bertz CT molecular complexity index is 1120. The van der Waals surface area contributed by atoms with Crippen molar-refractivity contribution in [1.29, 1.82) is 0 Å². The van der Waals surface area contributed by atoms with Gasteiger partial charge in [0.2, 0.25) is 0 Å². The number of nitrogens with one attached hydrogen (secondary N) is 1. The van der Waals surface area contributed by atoms with Crippen molar-refractivity contribution < 1.29 is 13.9 Å². The Hall–Kier alpha value is -2.74. The molecule has 0 amide bonds. The van der Waals surface area contributed by atoms with Gasteiger partial charge in [0.1, 0.15) is 11.6 Å². The summed E-state index contributed by atoms with van der Waals surface area (Å²) < 4.78 is 26.3. The SMILES string of the molecule is CN1CCC(OCc2ccc(CNc3ccc4c(N)nccc4c3)c(F)c2)CC12COC2. The molecule has 2 fully saturated rings. The van der Waals surface area contributed by atoms with Crippen LogP contribution < -0.4 is 11.1 Å². The third-order valence-corrected chi connectivity index (χ3v) is 6.83. The summed E-state index contributed by atoms with van der Waals surface area (Å²) in [5.74, 6) is 0.286. The van der Waals surface area contributed by atoms with Gasteiger partial charge in [-0.05, 0) is 61.2 Å². The van der Waals surface area contributed by atoms with Crippen LogP contribution in [0.5, 0.6) is 0 Å². The van der Waals surface area contributed by atoms with Crippen molar-refractivity contribution in [2.24, 2.45) is 0 Å². The molecule has 2 aliphatic rings. The molecule has 0 aliphatic carbocycles. The molecule has 3 aromatic rings. The molecule has 168 valence electrons. The molecule has 3 N–H and O–H groups in total. The molecular formula is C25H29FN4O2. The molecule has 0 saturated carbocycles. The predicted octanol–water partition coefficient (Wildman–Crippen LogP) is 3.95. The van der Waals surface area contributed by atoms with E-state index < -0.39 is 0 Å².